The summed E-state index contributed by atoms with van der Waals surface area (Å²) >= 11 is 8.02. The number of oxazole rings is 1. The predicted molar refractivity (Wildman–Crippen MR) is 145 cm³/mol. The van der Waals surface area contributed by atoms with Gasteiger partial charge in [-0.25, -0.2) is 4.98 Å². The van der Waals surface area contributed by atoms with Crippen LogP contribution in [-0.4, -0.2) is 39.8 Å². The monoisotopic (exact) mass is 556 g/mol. The summed E-state index contributed by atoms with van der Waals surface area (Å²) in [6, 6.07) is 9.28. The Bertz CT molecular complexity index is 1520. The van der Waals surface area contributed by atoms with E-state index in [1.54, 1.807) is 30.5 Å². The van der Waals surface area contributed by atoms with Crippen molar-refractivity contribution < 1.29 is 23.8 Å². The molecule has 38 heavy (non-hydrogen) atoms. The Morgan fingerprint density at radius 1 is 1.32 bits per heavy atom. The van der Waals surface area contributed by atoms with Crippen LogP contribution in [0.15, 0.2) is 52.0 Å². The maximum Gasteiger partial charge on any atom is 0.313 e. The fourth-order valence-corrected chi connectivity index (χ4v) is 6.26. The van der Waals surface area contributed by atoms with Crippen LogP contribution < -0.4 is 5.56 Å². The van der Waals surface area contributed by atoms with Gasteiger partial charge >= 0.3 is 5.97 Å². The minimum atomic E-state index is -1.41. The zero-order valence-corrected chi connectivity index (χ0v) is 23.0. The molecule has 1 saturated heterocycles. The molecule has 4 heterocycles. The molecule has 3 aromatic heterocycles. The number of nitrogens with zero attached hydrogens (tertiary/aromatic N) is 2. The lowest BCUT2D eigenvalue weighted by atomic mass is 9.84. The lowest BCUT2D eigenvalue weighted by molar-refractivity contribution is -0.142. The van der Waals surface area contributed by atoms with E-state index in [0.717, 1.165) is 24.0 Å². The number of rotatable bonds is 8. The zero-order valence-electron chi connectivity index (χ0n) is 21.4. The van der Waals surface area contributed by atoms with Crippen molar-refractivity contribution in [1.29, 1.82) is 0 Å². The first kappa shape index (κ1) is 26.6. The standard InChI is InChI=1S/C28H29ClN2O6S/c1-16-23(24-30-10-13-36-24)38-26-17(14-20(25(32)31(16)26)28(2,3)27(33)34)15-22(19-6-4-5-7-21(19)29)37-18-8-11-35-12-9-18/h4-7,10,13-14,18,22H,8-9,11-12,15H2,1-3H3,(H,33,34)/t22-/m0/s1. The lowest BCUT2D eigenvalue weighted by Crippen LogP contribution is -2.36. The zero-order chi connectivity index (χ0) is 27.0. The van der Waals surface area contributed by atoms with Gasteiger partial charge in [0, 0.05) is 35.9 Å². The number of aliphatic carboxylic acids is 1. The summed E-state index contributed by atoms with van der Waals surface area (Å²) in [5.41, 5.74) is 0.679. The number of thiazole rings is 1. The van der Waals surface area contributed by atoms with Crippen LogP contribution in [0.2, 0.25) is 5.02 Å². The minimum Gasteiger partial charge on any atom is -0.481 e. The van der Waals surface area contributed by atoms with Gasteiger partial charge in [-0.2, -0.15) is 0 Å². The number of hydrogen-bond acceptors (Lipinski definition) is 7. The average molecular weight is 557 g/mol. The minimum absolute atomic E-state index is 0.00479. The van der Waals surface area contributed by atoms with Crippen LogP contribution in [0.25, 0.3) is 15.6 Å². The van der Waals surface area contributed by atoms with Crippen molar-refractivity contribution in [3.63, 3.8) is 0 Å². The Morgan fingerprint density at radius 3 is 2.71 bits per heavy atom. The van der Waals surface area contributed by atoms with E-state index in [4.69, 9.17) is 25.5 Å². The maximum atomic E-state index is 13.8. The highest BCUT2D eigenvalue weighted by Gasteiger charge is 2.35. The number of carboxylic acid groups (broad SMARTS) is 1. The maximum absolute atomic E-state index is 13.8. The molecular weight excluding hydrogens is 528 g/mol. The molecule has 4 aromatic rings. The third-order valence-electron chi connectivity index (χ3n) is 7.11. The number of ether oxygens (including phenoxy) is 2. The van der Waals surface area contributed by atoms with Crippen LogP contribution >= 0.6 is 22.9 Å². The highest BCUT2D eigenvalue weighted by molar-refractivity contribution is 7.21. The fraction of sp³-hybridized carbons (Fsp3) is 0.393. The van der Waals surface area contributed by atoms with Crippen molar-refractivity contribution in [2.75, 3.05) is 13.2 Å². The highest BCUT2D eigenvalue weighted by Crippen LogP contribution is 2.38. The summed E-state index contributed by atoms with van der Waals surface area (Å²) in [6.07, 6.45) is 4.55. The van der Waals surface area contributed by atoms with Crippen molar-refractivity contribution in [2.45, 2.75) is 57.7 Å². The molecule has 1 aliphatic rings. The van der Waals surface area contributed by atoms with Gasteiger partial charge in [0.15, 0.2) is 0 Å². The predicted octanol–water partition coefficient (Wildman–Crippen LogP) is 5.82. The quantitative estimate of drug-likeness (QED) is 0.291. The van der Waals surface area contributed by atoms with Gasteiger partial charge in [-0.15, -0.1) is 11.3 Å². The lowest BCUT2D eigenvalue weighted by Gasteiger charge is -2.29. The molecule has 1 aliphatic heterocycles. The first-order valence-corrected chi connectivity index (χ1v) is 13.7. The van der Waals surface area contributed by atoms with Gasteiger partial charge in [0.25, 0.3) is 5.56 Å². The van der Waals surface area contributed by atoms with E-state index in [-0.39, 0.29) is 17.2 Å². The van der Waals surface area contributed by atoms with E-state index < -0.39 is 17.5 Å². The molecular formula is C28H29ClN2O6S. The van der Waals surface area contributed by atoms with Crippen molar-refractivity contribution >= 4 is 33.7 Å². The number of benzene rings is 1. The highest BCUT2D eigenvalue weighted by atomic mass is 35.5. The largest absolute Gasteiger partial charge is 0.481 e. The second kappa shape index (κ2) is 10.6. The number of pyridine rings is 1. The molecule has 0 spiro atoms. The number of hydrogen-bond donors (Lipinski definition) is 1. The van der Waals surface area contributed by atoms with Gasteiger partial charge in [-0.05, 0) is 56.9 Å². The molecule has 0 aliphatic carbocycles. The van der Waals surface area contributed by atoms with Gasteiger partial charge in [0.1, 0.15) is 16.0 Å². The number of carbonyl (C=O) groups is 1. The van der Waals surface area contributed by atoms with E-state index >= 15 is 0 Å². The topological polar surface area (TPSA) is 103 Å². The molecule has 0 saturated carbocycles. The summed E-state index contributed by atoms with van der Waals surface area (Å²) in [5, 5.41) is 10.6. The summed E-state index contributed by atoms with van der Waals surface area (Å²) in [6.45, 7) is 6.17. The number of aromatic nitrogens is 2. The molecule has 200 valence electrons. The van der Waals surface area contributed by atoms with Crippen molar-refractivity contribution in [3.8, 4) is 10.8 Å². The Hall–Kier alpha value is -2.98. The van der Waals surface area contributed by atoms with Gasteiger partial charge in [-0.1, -0.05) is 29.8 Å². The van der Waals surface area contributed by atoms with Crippen LogP contribution in [-0.2, 0) is 26.1 Å². The van der Waals surface area contributed by atoms with Crippen molar-refractivity contribution in [3.05, 3.63) is 80.6 Å². The molecule has 1 aromatic carbocycles. The molecule has 5 rings (SSSR count). The third-order valence-corrected chi connectivity index (χ3v) is 8.77. The summed E-state index contributed by atoms with van der Waals surface area (Å²) in [5.74, 6) is -0.677. The number of carboxylic acids is 1. The normalized spacial score (nSPS) is 15.7. The molecule has 8 nitrogen and oxygen atoms in total. The fourth-order valence-electron chi connectivity index (χ4n) is 4.80. The molecule has 0 unspecified atom stereocenters. The van der Waals surface area contributed by atoms with Crippen LogP contribution in [0, 0.1) is 6.92 Å². The van der Waals surface area contributed by atoms with E-state index in [2.05, 4.69) is 4.98 Å². The number of aryl methyl sites for hydroxylation is 1. The summed E-state index contributed by atoms with van der Waals surface area (Å²) in [7, 11) is 0. The first-order valence-electron chi connectivity index (χ1n) is 12.5. The van der Waals surface area contributed by atoms with Gasteiger partial charge in [0.2, 0.25) is 5.89 Å². The van der Waals surface area contributed by atoms with Gasteiger partial charge < -0.3 is 19.0 Å². The Labute approximate surface area is 228 Å². The smallest absolute Gasteiger partial charge is 0.313 e. The second-order valence-electron chi connectivity index (χ2n) is 9.98. The van der Waals surface area contributed by atoms with Crippen LogP contribution in [0.5, 0.6) is 0 Å². The Morgan fingerprint density at radius 2 is 2.05 bits per heavy atom. The van der Waals surface area contributed by atoms with Crippen LogP contribution in [0.3, 0.4) is 0 Å². The van der Waals surface area contributed by atoms with Gasteiger partial charge in [0.05, 0.1) is 23.8 Å². The SMILES string of the molecule is Cc1c(-c2ncco2)sc2c(C[C@H](OC3CCOCC3)c3ccccc3Cl)cc(C(C)(C)C(=O)O)c(=O)n12. The number of halogens is 1. The Balaban J connectivity index is 1.70. The molecule has 0 bridgehead atoms. The summed E-state index contributed by atoms with van der Waals surface area (Å²) < 4.78 is 19.3. The van der Waals surface area contributed by atoms with Crippen LogP contribution in [0.4, 0.5) is 0 Å². The first-order chi connectivity index (χ1) is 18.2. The molecule has 10 heteroatoms. The van der Waals surface area contributed by atoms with E-state index in [1.165, 1.54) is 17.6 Å². The Kier molecular flexibility index (Phi) is 7.46. The average Bonchev–Trinajstić information content (AvgIpc) is 3.54. The van der Waals surface area contributed by atoms with E-state index in [0.29, 0.717) is 45.9 Å². The van der Waals surface area contributed by atoms with Gasteiger partial charge in [-0.3, -0.25) is 14.0 Å². The number of fused-ring (bicyclic) bond motifs is 1. The molecule has 1 fully saturated rings. The molecule has 0 radical (unpaired) electrons. The summed E-state index contributed by atoms with van der Waals surface area (Å²) in [4.78, 5) is 31.7. The van der Waals surface area contributed by atoms with Crippen molar-refractivity contribution in [1.82, 2.24) is 9.38 Å². The van der Waals surface area contributed by atoms with Crippen molar-refractivity contribution in [2.24, 2.45) is 0 Å². The molecule has 1 N–H and O–H groups in total. The third kappa shape index (κ3) is 4.91. The van der Waals surface area contributed by atoms with Crippen LogP contribution in [0.1, 0.15) is 55.2 Å². The molecule has 1 atom stereocenters. The second-order valence-corrected chi connectivity index (χ2v) is 11.4. The van der Waals surface area contributed by atoms with E-state index in [9.17, 15) is 14.7 Å². The molecule has 0 amide bonds. The van der Waals surface area contributed by atoms with E-state index in [1.807, 2.05) is 31.2 Å².